The second kappa shape index (κ2) is 8.41. The van der Waals surface area contributed by atoms with Crippen molar-refractivity contribution in [2.24, 2.45) is 0 Å². The number of rotatable bonds is 5. The molecule has 0 unspecified atom stereocenters. The Balaban J connectivity index is 1.76. The van der Waals surface area contributed by atoms with Gasteiger partial charge in [0.05, 0.1) is 0 Å². The summed E-state index contributed by atoms with van der Waals surface area (Å²) in [7, 11) is 0. The number of amides is 1. The Morgan fingerprint density at radius 3 is 2.04 bits per heavy atom. The van der Waals surface area contributed by atoms with Gasteiger partial charge in [-0.3, -0.25) is 0 Å². The second-order valence-corrected chi connectivity index (χ2v) is 5.25. The van der Waals surface area contributed by atoms with E-state index in [4.69, 9.17) is 27.9 Å². The number of benzene rings is 2. The van der Waals surface area contributed by atoms with E-state index in [2.05, 4.69) is 10.1 Å². The fraction of sp³-hybridized carbons (Fsp3) is 0.125. The fourth-order valence-corrected chi connectivity index (χ4v) is 1.99. The first kappa shape index (κ1) is 17.1. The van der Waals surface area contributed by atoms with Gasteiger partial charge in [0.25, 0.3) is 0 Å². The standard InChI is InChI=1S/C16H13Cl2NO4/c17-12-3-1-11(2-4-12)9-10-19-16(21)23-14-7-5-13(6-8-14)22-15(18)20/h1-8H,9-10H2,(H,19,21). The summed E-state index contributed by atoms with van der Waals surface area (Å²) in [6.45, 7) is 0.433. The maximum atomic E-state index is 11.7. The fourth-order valence-electron chi connectivity index (χ4n) is 1.77. The van der Waals surface area contributed by atoms with E-state index in [-0.39, 0.29) is 5.75 Å². The molecule has 1 N–H and O–H groups in total. The van der Waals surface area contributed by atoms with E-state index >= 15 is 0 Å². The van der Waals surface area contributed by atoms with Crippen molar-refractivity contribution in [3.05, 3.63) is 59.1 Å². The topological polar surface area (TPSA) is 64.6 Å². The normalized spacial score (nSPS) is 10.0. The summed E-state index contributed by atoms with van der Waals surface area (Å²) < 4.78 is 9.74. The number of carbonyl (C=O) groups excluding carboxylic acids is 2. The van der Waals surface area contributed by atoms with Crippen molar-refractivity contribution in [2.75, 3.05) is 6.54 Å². The highest BCUT2D eigenvalue weighted by atomic mass is 35.5. The quantitative estimate of drug-likeness (QED) is 0.808. The van der Waals surface area contributed by atoms with E-state index in [1.165, 1.54) is 24.3 Å². The minimum atomic E-state index is -0.932. The molecule has 0 saturated heterocycles. The SMILES string of the molecule is O=C(Cl)Oc1ccc(OC(=O)NCCc2ccc(Cl)cc2)cc1. The summed E-state index contributed by atoms with van der Waals surface area (Å²) in [5.41, 5.74) is 0.126. The number of hydrogen-bond acceptors (Lipinski definition) is 4. The van der Waals surface area contributed by atoms with Crippen molar-refractivity contribution in [2.45, 2.75) is 6.42 Å². The Labute approximate surface area is 143 Å². The van der Waals surface area contributed by atoms with Crippen molar-refractivity contribution in [1.29, 1.82) is 0 Å². The van der Waals surface area contributed by atoms with Crippen LogP contribution in [0.5, 0.6) is 11.5 Å². The Morgan fingerprint density at radius 2 is 1.48 bits per heavy atom. The summed E-state index contributed by atoms with van der Waals surface area (Å²) in [6.07, 6.45) is 0.0951. The maximum Gasteiger partial charge on any atom is 0.412 e. The smallest absolute Gasteiger partial charge is 0.412 e. The predicted octanol–water partition coefficient (Wildman–Crippen LogP) is 4.41. The highest BCUT2D eigenvalue weighted by Gasteiger charge is 2.05. The maximum absolute atomic E-state index is 11.7. The molecule has 5 nitrogen and oxygen atoms in total. The zero-order valence-electron chi connectivity index (χ0n) is 11.9. The van der Waals surface area contributed by atoms with Crippen LogP contribution in [0.1, 0.15) is 5.56 Å². The van der Waals surface area contributed by atoms with Gasteiger partial charge in [-0.05, 0) is 48.4 Å². The molecule has 2 rings (SSSR count). The molecule has 120 valence electrons. The minimum Gasteiger partial charge on any atom is -0.414 e. The Bertz CT molecular complexity index is 671. The number of ether oxygens (including phenoxy) is 2. The third-order valence-electron chi connectivity index (χ3n) is 2.83. The van der Waals surface area contributed by atoms with Crippen LogP contribution in [-0.4, -0.2) is 18.1 Å². The average molecular weight is 354 g/mol. The first-order chi connectivity index (χ1) is 11.0. The molecular formula is C16H13Cl2NO4. The second-order valence-electron chi connectivity index (χ2n) is 4.50. The van der Waals surface area contributed by atoms with Gasteiger partial charge in [0.15, 0.2) is 0 Å². The molecular weight excluding hydrogens is 341 g/mol. The Morgan fingerprint density at radius 1 is 0.913 bits per heavy atom. The molecule has 1 amide bonds. The molecule has 0 aromatic heterocycles. The van der Waals surface area contributed by atoms with Crippen LogP contribution in [0.25, 0.3) is 0 Å². The van der Waals surface area contributed by atoms with E-state index in [0.717, 1.165) is 5.56 Å². The Hall–Kier alpha value is -2.24. The third kappa shape index (κ3) is 6.18. The van der Waals surface area contributed by atoms with Crippen molar-refractivity contribution in [3.63, 3.8) is 0 Å². The molecule has 0 heterocycles. The highest BCUT2D eigenvalue weighted by molar-refractivity contribution is 6.61. The third-order valence-corrected chi connectivity index (χ3v) is 3.16. The first-order valence-corrected chi connectivity index (χ1v) is 7.46. The number of hydrogen-bond donors (Lipinski definition) is 1. The lowest BCUT2D eigenvalue weighted by Crippen LogP contribution is -2.28. The monoisotopic (exact) mass is 353 g/mol. The molecule has 0 spiro atoms. The summed E-state index contributed by atoms with van der Waals surface area (Å²) in [5, 5.41) is 3.31. The van der Waals surface area contributed by atoms with Crippen LogP contribution >= 0.6 is 23.2 Å². The van der Waals surface area contributed by atoms with Gasteiger partial charge in [-0.15, -0.1) is 0 Å². The van der Waals surface area contributed by atoms with E-state index in [9.17, 15) is 9.59 Å². The van der Waals surface area contributed by atoms with Gasteiger partial charge in [0.2, 0.25) is 0 Å². The number of nitrogens with one attached hydrogen (secondary N) is 1. The van der Waals surface area contributed by atoms with Gasteiger partial charge < -0.3 is 14.8 Å². The predicted molar refractivity (Wildman–Crippen MR) is 87.5 cm³/mol. The lowest BCUT2D eigenvalue weighted by Gasteiger charge is -2.07. The van der Waals surface area contributed by atoms with E-state index in [1.54, 1.807) is 12.1 Å². The van der Waals surface area contributed by atoms with Crippen LogP contribution in [0.4, 0.5) is 9.59 Å². The molecule has 0 aliphatic carbocycles. The molecule has 7 heteroatoms. The van der Waals surface area contributed by atoms with Gasteiger partial charge in [-0.2, -0.15) is 0 Å². The van der Waals surface area contributed by atoms with Gasteiger partial charge in [0.1, 0.15) is 11.5 Å². The molecule has 0 aliphatic heterocycles. The summed E-state index contributed by atoms with van der Waals surface area (Å²) in [6, 6.07) is 13.3. The number of carbonyl (C=O) groups is 2. The molecule has 0 saturated carbocycles. The van der Waals surface area contributed by atoms with E-state index in [0.29, 0.717) is 23.7 Å². The lowest BCUT2D eigenvalue weighted by atomic mass is 10.1. The molecule has 2 aromatic carbocycles. The zero-order valence-corrected chi connectivity index (χ0v) is 13.4. The summed E-state index contributed by atoms with van der Waals surface area (Å²) >= 11 is 10.9. The van der Waals surface area contributed by atoms with Crippen LogP contribution < -0.4 is 14.8 Å². The molecule has 0 aliphatic rings. The van der Waals surface area contributed by atoms with Crippen molar-refractivity contribution < 1.29 is 19.1 Å². The van der Waals surface area contributed by atoms with Crippen LogP contribution in [0.2, 0.25) is 5.02 Å². The number of halogens is 2. The minimum absolute atomic E-state index is 0.264. The summed E-state index contributed by atoms with van der Waals surface area (Å²) in [4.78, 5) is 22.2. The van der Waals surface area contributed by atoms with Crippen LogP contribution in [0.3, 0.4) is 0 Å². The van der Waals surface area contributed by atoms with E-state index in [1.807, 2.05) is 12.1 Å². The molecule has 23 heavy (non-hydrogen) atoms. The highest BCUT2D eigenvalue weighted by Crippen LogP contribution is 2.18. The average Bonchev–Trinajstić information content (AvgIpc) is 2.51. The van der Waals surface area contributed by atoms with Crippen molar-refractivity contribution in [3.8, 4) is 11.5 Å². The van der Waals surface area contributed by atoms with Crippen LogP contribution in [0, 0.1) is 0 Å². The van der Waals surface area contributed by atoms with Crippen molar-refractivity contribution in [1.82, 2.24) is 5.32 Å². The zero-order chi connectivity index (χ0) is 16.7. The molecule has 0 radical (unpaired) electrons. The molecule has 0 fully saturated rings. The van der Waals surface area contributed by atoms with Gasteiger partial charge in [-0.1, -0.05) is 23.7 Å². The van der Waals surface area contributed by atoms with Crippen molar-refractivity contribution >= 4 is 34.7 Å². The molecule has 0 atom stereocenters. The largest absolute Gasteiger partial charge is 0.414 e. The van der Waals surface area contributed by atoms with Gasteiger partial charge in [0, 0.05) is 23.2 Å². The van der Waals surface area contributed by atoms with E-state index < -0.39 is 11.5 Å². The van der Waals surface area contributed by atoms with Gasteiger partial charge >= 0.3 is 11.5 Å². The Kier molecular flexibility index (Phi) is 6.26. The summed E-state index contributed by atoms with van der Waals surface area (Å²) in [5.74, 6) is 0.587. The first-order valence-electron chi connectivity index (χ1n) is 6.70. The van der Waals surface area contributed by atoms with Crippen LogP contribution in [0.15, 0.2) is 48.5 Å². The lowest BCUT2D eigenvalue weighted by molar-refractivity contribution is 0.200. The van der Waals surface area contributed by atoms with Crippen LogP contribution in [-0.2, 0) is 6.42 Å². The molecule has 0 bridgehead atoms. The van der Waals surface area contributed by atoms with Gasteiger partial charge in [-0.25, -0.2) is 9.59 Å². The molecule has 2 aromatic rings.